The second kappa shape index (κ2) is 12.5. The summed E-state index contributed by atoms with van der Waals surface area (Å²) < 4.78 is 5.73. The van der Waals surface area contributed by atoms with Gasteiger partial charge in [0.15, 0.2) is 5.96 Å². The highest BCUT2D eigenvalue weighted by atomic mass is 127. The van der Waals surface area contributed by atoms with Crippen LogP contribution in [0.4, 0.5) is 0 Å². The zero-order chi connectivity index (χ0) is 18.1. The molecule has 1 saturated heterocycles. The SMILES string of the molecule is CCOC1CCN(C(=NC)NCCCc2ccc(C(C)C)cc2)CC1.I. The van der Waals surface area contributed by atoms with Crippen molar-refractivity contribution >= 4 is 29.9 Å². The second-order valence-electron chi connectivity index (χ2n) is 7.12. The average molecular weight is 473 g/mol. The van der Waals surface area contributed by atoms with Crippen LogP contribution in [-0.2, 0) is 11.2 Å². The molecule has 1 aromatic carbocycles. The number of piperidine rings is 1. The summed E-state index contributed by atoms with van der Waals surface area (Å²) in [6.45, 7) is 10.4. The monoisotopic (exact) mass is 473 g/mol. The van der Waals surface area contributed by atoms with Gasteiger partial charge in [-0.15, -0.1) is 24.0 Å². The summed E-state index contributed by atoms with van der Waals surface area (Å²) in [5.41, 5.74) is 2.83. The third-order valence-corrected chi connectivity index (χ3v) is 4.93. The third kappa shape index (κ3) is 7.43. The highest BCUT2D eigenvalue weighted by Gasteiger charge is 2.21. The number of likely N-dealkylation sites (tertiary alicyclic amines) is 1. The summed E-state index contributed by atoms with van der Waals surface area (Å²) >= 11 is 0. The van der Waals surface area contributed by atoms with Crippen LogP contribution >= 0.6 is 24.0 Å². The maximum atomic E-state index is 5.73. The molecule has 0 bridgehead atoms. The Balaban J connectivity index is 0.00000338. The summed E-state index contributed by atoms with van der Waals surface area (Å²) in [5.74, 6) is 1.64. The Bertz CT molecular complexity index is 523. The van der Waals surface area contributed by atoms with Gasteiger partial charge in [-0.3, -0.25) is 4.99 Å². The average Bonchev–Trinajstić information content (AvgIpc) is 2.63. The summed E-state index contributed by atoms with van der Waals surface area (Å²) in [5, 5.41) is 3.52. The Morgan fingerprint density at radius 1 is 1.23 bits per heavy atom. The van der Waals surface area contributed by atoms with E-state index in [2.05, 4.69) is 60.2 Å². The quantitative estimate of drug-likeness (QED) is 0.276. The normalized spacial score (nSPS) is 15.9. The highest BCUT2D eigenvalue weighted by Crippen LogP contribution is 2.16. The first-order valence-electron chi connectivity index (χ1n) is 9.80. The number of benzene rings is 1. The fourth-order valence-corrected chi connectivity index (χ4v) is 3.36. The molecule has 4 nitrogen and oxygen atoms in total. The molecule has 0 unspecified atom stereocenters. The van der Waals surface area contributed by atoms with E-state index in [9.17, 15) is 0 Å². The van der Waals surface area contributed by atoms with E-state index in [1.54, 1.807) is 0 Å². The van der Waals surface area contributed by atoms with Gasteiger partial charge in [-0.2, -0.15) is 0 Å². The summed E-state index contributed by atoms with van der Waals surface area (Å²) in [7, 11) is 1.88. The predicted octanol–water partition coefficient (Wildman–Crippen LogP) is 4.44. The van der Waals surface area contributed by atoms with Crippen LogP contribution in [0.3, 0.4) is 0 Å². The molecule has 1 heterocycles. The summed E-state index contributed by atoms with van der Waals surface area (Å²) in [6, 6.07) is 9.05. The topological polar surface area (TPSA) is 36.9 Å². The van der Waals surface area contributed by atoms with Gasteiger partial charge in [0.1, 0.15) is 0 Å². The molecule has 1 N–H and O–H groups in total. The van der Waals surface area contributed by atoms with Crippen molar-refractivity contribution in [3.63, 3.8) is 0 Å². The third-order valence-electron chi connectivity index (χ3n) is 4.93. The Morgan fingerprint density at radius 2 is 1.88 bits per heavy atom. The highest BCUT2D eigenvalue weighted by molar-refractivity contribution is 14.0. The van der Waals surface area contributed by atoms with Crippen LogP contribution < -0.4 is 5.32 Å². The Kier molecular flexibility index (Phi) is 11.2. The van der Waals surface area contributed by atoms with Gasteiger partial charge >= 0.3 is 0 Å². The van der Waals surface area contributed by atoms with Crippen molar-refractivity contribution in [3.8, 4) is 0 Å². The number of halogens is 1. The van der Waals surface area contributed by atoms with Crippen molar-refractivity contribution in [3.05, 3.63) is 35.4 Å². The van der Waals surface area contributed by atoms with E-state index in [-0.39, 0.29) is 24.0 Å². The van der Waals surface area contributed by atoms with Crippen molar-refractivity contribution in [2.24, 2.45) is 4.99 Å². The number of hydrogen-bond acceptors (Lipinski definition) is 2. The zero-order valence-corrected chi connectivity index (χ0v) is 19.2. The first-order valence-corrected chi connectivity index (χ1v) is 9.80. The summed E-state index contributed by atoms with van der Waals surface area (Å²) in [6.07, 6.45) is 4.84. The van der Waals surface area contributed by atoms with E-state index in [4.69, 9.17) is 4.74 Å². The van der Waals surface area contributed by atoms with Crippen LogP contribution in [0.2, 0.25) is 0 Å². The number of nitrogens with zero attached hydrogens (tertiary/aromatic N) is 2. The molecule has 1 aliphatic rings. The van der Waals surface area contributed by atoms with Crippen LogP contribution in [0.1, 0.15) is 57.1 Å². The molecule has 0 atom stereocenters. The van der Waals surface area contributed by atoms with Gasteiger partial charge in [0.05, 0.1) is 6.10 Å². The first kappa shape index (κ1) is 23.2. The fraction of sp³-hybridized carbons (Fsp3) is 0.667. The minimum Gasteiger partial charge on any atom is -0.378 e. The van der Waals surface area contributed by atoms with E-state index < -0.39 is 0 Å². The molecule has 1 aromatic rings. The Morgan fingerprint density at radius 3 is 2.42 bits per heavy atom. The number of aryl methyl sites for hydroxylation is 1. The number of hydrogen-bond donors (Lipinski definition) is 1. The number of ether oxygens (including phenoxy) is 1. The van der Waals surface area contributed by atoms with Crippen LogP contribution in [-0.4, -0.2) is 50.3 Å². The molecule has 0 spiro atoms. The maximum Gasteiger partial charge on any atom is 0.193 e. The van der Waals surface area contributed by atoms with Gasteiger partial charge in [-0.25, -0.2) is 0 Å². The molecule has 0 aliphatic carbocycles. The second-order valence-corrected chi connectivity index (χ2v) is 7.12. The molecule has 2 rings (SSSR count). The van der Waals surface area contributed by atoms with Crippen molar-refractivity contribution in [1.82, 2.24) is 10.2 Å². The van der Waals surface area contributed by atoms with E-state index in [1.807, 2.05) is 7.05 Å². The molecular weight excluding hydrogens is 437 g/mol. The molecule has 0 saturated carbocycles. The predicted molar refractivity (Wildman–Crippen MR) is 122 cm³/mol. The maximum absolute atomic E-state index is 5.73. The first-order chi connectivity index (χ1) is 12.1. The molecular formula is C21H36IN3O. The Hall–Kier alpha value is -0.820. The fourth-order valence-electron chi connectivity index (χ4n) is 3.36. The number of rotatable bonds is 7. The lowest BCUT2D eigenvalue weighted by molar-refractivity contribution is 0.0264. The van der Waals surface area contributed by atoms with Crippen molar-refractivity contribution in [1.29, 1.82) is 0 Å². The van der Waals surface area contributed by atoms with Gasteiger partial charge in [0, 0.05) is 33.3 Å². The van der Waals surface area contributed by atoms with Crippen molar-refractivity contribution < 1.29 is 4.74 Å². The lowest BCUT2D eigenvalue weighted by Crippen LogP contribution is -2.47. The lowest BCUT2D eigenvalue weighted by Gasteiger charge is -2.34. The van der Waals surface area contributed by atoms with E-state index in [1.165, 1.54) is 11.1 Å². The zero-order valence-electron chi connectivity index (χ0n) is 16.8. The molecule has 1 aliphatic heterocycles. The molecule has 0 aromatic heterocycles. The van der Waals surface area contributed by atoms with Crippen LogP contribution in [0.5, 0.6) is 0 Å². The minimum absolute atomic E-state index is 0. The molecule has 148 valence electrons. The minimum atomic E-state index is 0. The van der Waals surface area contributed by atoms with Crippen molar-refractivity contribution in [2.75, 3.05) is 33.3 Å². The van der Waals surface area contributed by atoms with E-state index in [0.29, 0.717) is 12.0 Å². The van der Waals surface area contributed by atoms with Gasteiger partial charge in [-0.05, 0) is 49.7 Å². The van der Waals surface area contributed by atoms with Gasteiger partial charge in [0.25, 0.3) is 0 Å². The molecule has 0 amide bonds. The molecule has 5 heteroatoms. The Labute approximate surface area is 176 Å². The largest absolute Gasteiger partial charge is 0.378 e. The van der Waals surface area contributed by atoms with E-state index in [0.717, 1.165) is 57.9 Å². The van der Waals surface area contributed by atoms with Gasteiger partial charge in [0.2, 0.25) is 0 Å². The number of guanidine groups is 1. The number of nitrogens with one attached hydrogen (secondary N) is 1. The molecule has 26 heavy (non-hydrogen) atoms. The van der Waals surface area contributed by atoms with Crippen LogP contribution in [0.15, 0.2) is 29.3 Å². The van der Waals surface area contributed by atoms with E-state index >= 15 is 0 Å². The van der Waals surface area contributed by atoms with Crippen LogP contribution in [0.25, 0.3) is 0 Å². The standard InChI is InChI=1S/C21H35N3O.HI/c1-5-25-20-12-15-24(16-13-20)21(22-4)23-14-6-7-18-8-10-19(11-9-18)17(2)3;/h8-11,17,20H,5-7,12-16H2,1-4H3,(H,22,23);1H. The summed E-state index contributed by atoms with van der Waals surface area (Å²) in [4.78, 5) is 6.80. The van der Waals surface area contributed by atoms with Crippen LogP contribution in [0, 0.1) is 0 Å². The lowest BCUT2D eigenvalue weighted by atomic mass is 10.0. The van der Waals surface area contributed by atoms with Gasteiger partial charge in [-0.1, -0.05) is 38.1 Å². The smallest absolute Gasteiger partial charge is 0.193 e. The van der Waals surface area contributed by atoms with Gasteiger partial charge < -0.3 is 15.0 Å². The van der Waals surface area contributed by atoms with Crippen molar-refractivity contribution in [2.45, 2.75) is 58.5 Å². The molecule has 0 radical (unpaired) electrons. The number of aliphatic imine (C=N–C) groups is 1. The molecule has 1 fully saturated rings.